The molecule has 1 aliphatic carbocycles. The zero-order valence-corrected chi connectivity index (χ0v) is 13.6. The van der Waals surface area contributed by atoms with Gasteiger partial charge in [0.2, 0.25) is 0 Å². The molecule has 0 amide bonds. The van der Waals surface area contributed by atoms with Crippen molar-refractivity contribution in [3.05, 3.63) is 32.7 Å². The summed E-state index contributed by atoms with van der Waals surface area (Å²) in [7, 11) is 0. The van der Waals surface area contributed by atoms with Crippen LogP contribution < -0.4 is 5.32 Å². The van der Waals surface area contributed by atoms with Crippen LogP contribution in [0.1, 0.15) is 49.2 Å². The Bertz CT molecular complexity index is 573. The quantitative estimate of drug-likeness (QED) is 0.872. The largest absolute Gasteiger partial charge is 0.376 e. The van der Waals surface area contributed by atoms with E-state index >= 15 is 0 Å². The van der Waals surface area contributed by atoms with Crippen molar-refractivity contribution in [2.24, 2.45) is 0 Å². The fraction of sp³-hybridized carbons (Fsp3) is 0.500. The summed E-state index contributed by atoms with van der Waals surface area (Å²) in [4.78, 5) is 1.52. The Balaban J connectivity index is 1.80. The monoisotopic (exact) mass is 339 g/mol. The van der Waals surface area contributed by atoms with E-state index in [2.05, 4.69) is 52.5 Å². The van der Waals surface area contributed by atoms with Crippen molar-refractivity contribution in [3.8, 4) is 0 Å². The van der Waals surface area contributed by atoms with Crippen LogP contribution in [0.2, 0.25) is 0 Å². The van der Waals surface area contributed by atoms with E-state index in [1.165, 1.54) is 33.5 Å². The summed E-state index contributed by atoms with van der Waals surface area (Å²) in [6.07, 6.45) is 7.70. The van der Waals surface area contributed by atoms with Crippen LogP contribution in [0.5, 0.6) is 0 Å². The summed E-state index contributed by atoms with van der Waals surface area (Å²) in [6.45, 7) is 4.29. The maximum atomic E-state index is 4.39. The molecule has 102 valence electrons. The molecule has 5 heteroatoms. The summed E-state index contributed by atoms with van der Waals surface area (Å²) in [5, 5.41) is 8.02. The Hall–Kier alpha value is -0.810. The lowest BCUT2D eigenvalue weighted by molar-refractivity contribution is 0.532. The highest BCUT2D eigenvalue weighted by Crippen LogP contribution is 2.39. The van der Waals surface area contributed by atoms with E-state index in [0.717, 1.165) is 5.69 Å². The molecule has 2 aromatic heterocycles. The van der Waals surface area contributed by atoms with E-state index in [1.54, 1.807) is 0 Å². The molecule has 3 rings (SSSR count). The minimum atomic E-state index is 0.410. The van der Waals surface area contributed by atoms with Gasteiger partial charge in [0.25, 0.3) is 0 Å². The third-order valence-corrected chi connectivity index (χ3v) is 5.27. The van der Waals surface area contributed by atoms with Crippen LogP contribution in [0.25, 0.3) is 0 Å². The molecule has 0 aliphatic heterocycles. The molecule has 0 saturated carbocycles. The first-order valence-electron chi connectivity index (χ1n) is 6.72. The second-order valence-corrected chi connectivity index (χ2v) is 7.84. The second-order valence-electron chi connectivity index (χ2n) is 5.32. The molecule has 0 bridgehead atoms. The Morgan fingerprint density at radius 1 is 1.53 bits per heavy atom. The lowest BCUT2D eigenvalue weighted by Crippen LogP contribution is -2.15. The number of halogens is 1. The maximum absolute atomic E-state index is 4.39. The number of hydrogen-bond acceptors (Lipinski definition) is 3. The molecule has 0 fully saturated rings. The predicted molar refractivity (Wildman–Crippen MR) is 83.9 cm³/mol. The van der Waals surface area contributed by atoms with Crippen LogP contribution >= 0.6 is 27.3 Å². The zero-order chi connectivity index (χ0) is 13.4. The average Bonchev–Trinajstić information content (AvgIpc) is 2.95. The van der Waals surface area contributed by atoms with Crippen molar-refractivity contribution in [3.63, 3.8) is 0 Å². The number of aromatic nitrogens is 2. The fourth-order valence-corrected chi connectivity index (χ4v) is 4.39. The first kappa shape index (κ1) is 13.2. The Labute approximate surface area is 126 Å². The summed E-state index contributed by atoms with van der Waals surface area (Å²) in [5.41, 5.74) is 2.58. The van der Waals surface area contributed by atoms with E-state index in [4.69, 9.17) is 0 Å². The second kappa shape index (κ2) is 5.29. The number of rotatable bonds is 3. The highest BCUT2D eigenvalue weighted by Gasteiger charge is 2.22. The Morgan fingerprint density at radius 3 is 3.11 bits per heavy atom. The van der Waals surface area contributed by atoms with Gasteiger partial charge in [0.05, 0.1) is 21.7 Å². The number of hydrogen-bond donors (Lipinski definition) is 1. The summed E-state index contributed by atoms with van der Waals surface area (Å²) in [5.74, 6) is 0. The molecule has 2 aromatic rings. The highest BCUT2D eigenvalue weighted by atomic mass is 79.9. The van der Waals surface area contributed by atoms with Gasteiger partial charge in [-0.25, -0.2) is 0 Å². The Kier molecular flexibility index (Phi) is 3.67. The van der Waals surface area contributed by atoms with Crippen LogP contribution in [0.15, 0.2) is 22.2 Å². The van der Waals surface area contributed by atoms with Crippen LogP contribution in [0.4, 0.5) is 5.69 Å². The maximum Gasteiger partial charge on any atom is 0.0731 e. The smallest absolute Gasteiger partial charge is 0.0731 e. The van der Waals surface area contributed by atoms with Gasteiger partial charge in [0.15, 0.2) is 0 Å². The standard InChI is InChI=1S/C14H18BrN3S/c1-9(2)18-8-10(7-16-18)17-12-4-3-5-13-11(12)6-14(15)19-13/h6-9,12,17H,3-5H2,1-2H3. The summed E-state index contributed by atoms with van der Waals surface area (Å²) in [6, 6.07) is 3.10. The first-order valence-corrected chi connectivity index (χ1v) is 8.33. The highest BCUT2D eigenvalue weighted by molar-refractivity contribution is 9.11. The summed E-state index contributed by atoms with van der Waals surface area (Å²) >= 11 is 5.47. The van der Waals surface area contributed by atoms with Crippen LogP contribution in [0, 0.1) is 0 Å². The van der Waals surface area contributed by atoms with Gasteiger partial charge < -0.3 is 5.32 Å². The van der Waals surface area contributed by atoms with Gasteiger partial charge in [-0.05, 0) is 60.7 Å². The van der Waals surface area contributed by atoms with Crippen LogP contribution in [0.3, 0.4) is 0 Å². The van der Waals surface area contributed by atoms with E-state index in [9.17, 15) is 0 Å². The molecule has 1 unspecified atom stereocenters. The van der Waals surface area contributed by atoms with E-state index in [1.807, 2.05) is 22.2 Å². The first-order chi connectivity index (χ1) is 9.13. The number of fused-ring (bicyclic) bond motifs is 1. The fourth-order valence-electron chi connectivity index (χ4n) is 2.57. The van der Waals surface area contributed by atoms with Gasteiger partial charge >= 0.3 is 0 Å². The number of nitrogens with one attached hydrogen (secondary N) is 1. The molecule has 1 atom stereocenters. The van der Waals surface area contributed by atoms with Gasteiger partial charge in [0.1, 0.15) is 0 Å². The molecule has 0 aromatic carbocycles. The predicted octanol–water partition coefficient (Wildman–Crippen LogP) is 4.78. The average molecular weight is 340 g/mol. The van der Waals surface area contributed by atoms with Gasteiger partial charge in [0, 0.05) is 17.1 Å². The van der Waals surface area contributed by atoms with Crippen LogP contribution in [-0.4, -0.2) is 9.78 Å². The molecular formula is C14H18BrN3S. The normalized spacial score (nSPS) is 18.6. The Morgan fingerprint density at radius 2 is 2.37 bits per heavy atom. The minimum Gasteiger partial charge on any atom is -0.376 e. The number of aryl methyl sites for hydroxylation is 1. The molecule has 1 N–H and O–H groups in total. The third kappa shape index (κ3) is 2.72. The number of anilines is 1. The molecule has 1 aliphatic rings. The van der Waals surface area contributed by atoms with Crippen molar-refractivity contribution >= 4 is 33.0 Å². The molecular weight excluding hydrogens is 322 g/mol. The zero-order valence-electron chi connectivity index (χ0n) is 11.2. The van der Waals surface area contributed by atoms with Gasteiger partial charge in [-0.2, -0.15) is 5.10 Å². The van der Waals surface area contributed by atoms with Crippen molar-refractivity contribution in [1.29, 1.82) is 0 Å². The topological polar surface area (TPSA) is 29.9 Å². The van der Waals surface area contributed by atoms with E-state index in [0.29, 0.717) is 12.1 Å². The van der Waals surface area contributed by atoms with E-state index in [-0.39, 0.29) is 0 Å². The lowest BCUT2D eigenvalue weighted by atomic mass is 9.94. The van der Waals surface area contributed by atoms with Gasteiger partial charge in [-0.15, -0.1) is 11.3 Å². The number of thiophene rings is 1. The van der Waals surface area contributed by atoms with Crippen molar-refractivity contribution < 1.29 is 0 Å². The molecule has 3 nitrogen and oxygen atoms in total. The molecule has 19 heavy (non-hydrogen) atoms. The number of nitrogens with zero attached hydrogens (tertiary/aromatic N) is 2. The minimum absolute atomic E-state index is 0.410. The molecule has 0 spiro atoms. The van der Waals surface area contributed by atoms with Crippen molar-refractivity contribution in [1.82, 2.24) is 9.78 Å². The van der Waals surface area contributed by atoms with Crippen molar-refractivity contribution in [2.45, 2.75) is 45.2 Å². The molecule has 0 radical (unpaired) electrons. The van der Waals surface area contributed by atoms with Crippen LogP contribution in [-0.2, 0) is 6.42 Å². The molecule has 0 saturated heterocycles. The SMILES string of the molecule is CC(C)n1cc(NC2CCCc3sc(Br)cc32)cn1. The van der Waals surface area contributed by atoms with Gasteiger partial charge in [-0.3, -0.25) is 4.68 Å². The summed E-state index contributed by atoms with van der Waals surface area (Å²) < 4.78 is 3.24. The van der Waals surface area contributed by atoms with E-state index < -0.39 is 0 Å². The third-order valence-electron chi connectivity index (χ3n) is 3.56. The van der Waals surface area contributed by atoms with Crippen molar-refractivity contribution in [2.75, 3.05) is 5.32 Å². The molecule has 2 heterocycles. The lowest BCUT2D eigenvalue weighted by Gasteiger charge is -2.23. The van der Waals surface area contributed by atoms with Gasteiger partial charge in [-0.1, -0.05) is 0 Å².